The molecule has 3 aromatic carbocycles. The van der Waals surface area contributed by atoms with Crippen LogP contribution >= 0.6 is 11.6 Å². The monoisotopic (exact) mass is 539 g/mol. The third-order valence-electron chi connectivity index (χ3n) is 5.06. The van der Waals surface area contributed by atoms with Gasteiger partial charge in [0, 0.05) is 21.7 Å². The average Bonchev–Trinajstić information content (AvgIpc) is 3.10. The standard InChI is InChI=1S/C24H14ClF4NO5S/c25-16-2-4-20(19(10-16)23(32)14-7-15(24(27,28)29)9-17(26)8-14)35-12-22(31)30-18-3-1-13-5-6-36(33,34)21(13)11-18/h1-11H,12H2,(H,30,31). The van der Waals surface area contributed by atoms with Crippen molar-refractivity contribution in [1.82, 2.24) is 0 Å². The van der Waals surface area contributed by atoms with Gasteiger partial charge >= 0.3 is 6.18 Å². The molecule has 0 radical (unpaired) electrons. The number of hydrogen-bond donors (Lipinski definition) is 1. The predicted octanol–water partition coefficient (Wildman–Crippen LogP) is 5.50. The van der Waals surface area contributed by atoms with Crippen molar-refractivity contribution in [2.45, 2.75) is 11.1 Å². The van der Waals surface area contributed by atoms with Crippen LogP contribution in [0.3, 0.4) is 0 Å². The zero-order chi connectivity index (χ0) is 26.3. The van der Waals surface area contributed by atoms with Crippen LogP contribution < -0.4 is 10.1 Å². The Morgan fingerprint density at radius 3 is 2.47 bits per heavy atom. The van der Waals surface area contributed by atoms with Crippen molar-refractivity contribution in [3.63, 3.8) is 0 Å². The van der Waals surface area contributed by atoms with Crippen molar-refractivity contribution in [3.05, 3.63) is 93.1 Å². The summed E-state index contributed by atoms with van der Waals surface area (Å²) in [6, 6.07) is 9.37. The number of sulfone groups is 1. The Balaban J connectivity index is 1.53. The molecule has 1 amide bonds. The summed E-state index contributed by atoms with van der Waals surface area (Å²) in [5.41, 5.74) is -1.57. The Kier molecular flexibility index (Phi) is 6.63. The zero-order valence-electron chi connectivity index (χ0n) is 17.9. The number of fused-ring (bicyclic) bond motifs is 1. The highest BCUT2D eigenvalue weighted by atomic mass is 35.5. The Bertz CT molecular complexity index is 1530. The van der Waals surface area contributed by atoms with E-state index in [1.165, 1.54) is 36.4 Å². The molecule has 0 spiro atoms. The molecule has 0 bridgehead atoms. The molecule has 12 heteroatoms. The van der Waals surface area contributed by atoms with E-state index < -0.39 is 51.3 Å². The zero-order valence-corrected chi connectivity index (χ0v) is 19.5. The minimum absolute atomic E-state index is 0.0279. The number of hydrogen-bond acceptors (Lipinski definition) is 5. The van der Waals surface area contributed by atoms with Crippen LogP contribution in [0.2, 0.25) is 5.02 Å². The largest absolute Gasteiger partial charge is 0.483 e. The second kappa shape index (κ2) is 9.40. The van der Waals surface area contributed by atoms with Gasteiger partial charge in [0.2, 0.25) is 9.84 Å². The first-order chi connectivity index (χ1) is 16.8. The van der Waals surface area contributed by atoms with Gasteiger partial charge in [-0.05, 0) is 60.2 Å². The van der Waals surface area contributed by atoms with Crippen LogP contribution in [0.25, 0.3) is 6.08 Å². The van der Waals surface area contributed by atoms with Crippen molar-refractivity contribution >= 4 is 44.9 Å². The first-order valence-corrected chi connectivity index (χ1v) is 12.0. The molecule has 0 atom stereocenters. The van der Waals surface area contributed by atoms with Gasteiger partial charge in [-0.3, -0.25) is 9.59 Å². The van der Waals surface area contributed by atoms with Crippen molar-refractivity contribution in [1.29, 1.82) is 0 Å². The molecule has 1 aliphatic rings. The van der Waals surface area contributed by atoms with Gasteiger partial charge in [-0.2, -0.15) is 13.2 Å². The summed E-state index contributed by atoms with van der Waals surface area (Å²) < 4.78 is 82.3. The van der Waals surface area contributed by atoms with E-state index in [2.05, 4.69) is 5.32 Å². The molecule has 1 aliphatic heterocycles. The molecule has 0 aromatic heterocycles. The number of rotatable bonds is 6. The number of carbonyl (C=O) groups excluding carboxylic acids is 2. The Morgan fingerprint density at radius 2 is 1.75 bits per heavy atom. The summed E-state index contributed by atoms with van der Waals surface area (Å²) >= 11 is 5.93. The van der Waals surface area contributed by atoms with Crippen LogP contribution in [0.1, 0.15) is 27.0 Å². The van der Waals surface area contributed by atoms with Gasteiger partial charge < -0.3 is 10.1 Å². The van der Waals surface area contributed by atoms with Crippen molar-refractivity contribution in [2.75, 3.05) is 11.9 Å². The molecule has 0 fully saturated rings. The molecule has 3 aromatic rings. The Labute approximate surface area is 207 Å². The summed E-state index contributed by atoms with van der Waals surface area (Å²) in [4.78, 5) is 25.3. The fraction of sp³-hybridized carbons (Fsp3) is 0.0833. The highest BCUT2D eigenvalue weighted by Gasteiger charge is 2.32. The molecule has 0 saturated carbocycles. The fourth-order valence-corrected chi connectivity index (χ4v) is 4.82. The van der Waals surface area contributed by atoms with Gasteiger partial charge in [0.15, 0.2) is 12.4 Å². The number of amides is 1. The first kappa shape index (κ1) is 25.4. The lowest BCUT2D eigenvalue weighted by Crippen LogP contribution is -2.21. The van der Waals surface area contributed by atoms with Gasteiger partial charge in [0.1, 0.15) is 11.6 Å². The van der Waals surface area contributed by atoms with Crippen LogP contribution in [0, 0.1) is 5.82 Å². The number of benzene rings is 3. The number of halogens is 5. The fourth-order valence-electron chi connectivity index (χ4n) is 3.42. The van der Waals surface area contributed by atoms with E-state index in [4.69, 9.17) is 16.3 Å². The van der Waals surface area contributed by atoms with Crippen LogP contribution in [-0.2, 0) is 20.8 Å². The van der Waals surface area contributed by atoms with Crippen molar-refractivity contribution in [3.8, 4) is 5.75 Å². The molecule has 4 rings (SSSR count). The van der Waals surface area contributed by atoms with Crippen LogP contribution in [0.4, 0.5) is 23.2 Å². The number of nitrogens with one attached hydrogen (secondary N) is 1. The number of carbonyl (C=O) groups is 2. The quantitative estimate of drug-likeness (QED) is 0.330. The molecular weight excluding hydrogens is 526 g/mol. The molecule has 0 saturated heterocycles. The van der Waals surface area contributed by atoms with E-state index in [-0.39, 0.29) is 33.0 Å². The molecule has 0 unspecified atom stereocenters. The van der Waals surface area contributed by atoms with E-state index in [0.717, 1.165) is 11.5 Å². The molecule has 186 valence electrons. The van der Waals surface area contributed by atoms with Crippen LogP contribution in [0.5, 0.6) is 5.75 Å². The maximum atomic E-state index is 13.8. The summed E-state index contributed by atoms with van der Waals surface area (Å²) in [5.74, 6) is -3.16. The number of alkyl halides is 3. The molecule has 36 heavy (non-hydrogen) atoms. The van der Waals surface area contributed by atoms with Gasteiger partial charge in [-0.25, -0.2) is 12.8 Å². The van der Waals surface area contributed by atoms with E-state index in [1.807, 2.05) is 0 Å². The molecule has 1 heterocycles. The average molecular weight is 540 g/mol. The summed E-state index contributed by atoms with van der Waals surface area (Å²) in [5, 5.41) is 3.56. The van der Waals surface area contributed by atoms with Gasteiger partial charge in [0.05, 0.1) is 16.0 Å². The van der Waals surface area contributed by atoms with Gasteiger partial charge in [-0.15, -0.1) is 0 Å². The van der Waals surface area contributed by atoms with E-state index >= 15 is 0 Å². The number of anilines is 1. The van der Waals surface area contributed by atoms with Crippen LogP contribution in [-0.4, -0.2) is 26.7 Å². The second-order valence-electron chi connectivity index (χ2n) is 7.63. The van der Waals surface area contributed by atoms with Crippen LogP contribution in [0.15, 0.2) is 64.9 Å². The third kappa shape index (κ3) is 5.42. The van der Waals surface area contributed by atoms with Gasteiger partial charge in [0.25, 0.3) is 5.91 Å². The Morgan fingerprint density at radius 1 is 1.00 bits per heavy atom. The molecule has 1 N–H and O–H groups in total. The SMILES string of the molecule is O=C(COc1ccc(Cl)cc1C(=O)c1cc(F)cc(C(F)(F)F)c1)Nc1ccc2c(c1)S(=O)(=O)C=C2. The highest BCUT2D eigenvalue weighted by molar-refractivity contribution is 7.94. The van der Waals surface area contributed by atoms with E-state index in [1.54, 1.807) is 0 Å². The lowest BCUT2D eigenvalue weighted by molar-refractivity contribution is -0.137. The second-order valence-corrected chi connectivity index (χ2v) is 9.87. The summed E-state index contributed by atoms with van der Waals surface area (Å²) in [6.45, 7) is -0.638. The van der Waals surface area contributed by atoms with E-state index in [0.29, 0.717) is 17.7 Å². The minimum Gasteiger partial charge on any atom is -0.483 e. The molecular formula is C24H14ClF4NO5S. The third-order valence-corrected chi connectivity index (χ3v) is 6.76. The summed E-state index contributed by atoms with van der Waals surface area (Å²) in [7, 11) is -3.59. The van der Waals surface area contributed by atoms with Gasteiger partial charge in [-0.1, -0.05) is 17.7 Å². The lowest BCUT2D eigenvalue weighted by Gasteiger charge is -2.13. The van der Waals surface area contributed by atoms with E-state index in [9.17, 15) is 35.6 Å². The summed E-state index contributed by atoms with van der Waals surface area (Å²) in [6.07, 6.45) is -3.45. The number of ketones is 1. The Hall–Kier alpha value is -3.70. The smallest absolute Gasteiger partial charge is 0.416 e. The predicted molar refractivity (Wildman–Crippen MR) is 123 cm³/mol. The maximum absolute atomic E-state index is 13.8. The topological polar surface area (TPSA) is 89.5 Å². The lowest BCUT2D eigenvalue weighted by atomic mass is 10.00. The number of ether oxygens (including phenoxy) is 1. The first-order valence-electron chi connectivity index (χ1n) is 10.1. The normalized spacial score (nSPS) is 13.8. The highest BCUT2D eigenvalue weighted by Crippen LogP contribution is 2.33. The minimum atomic E-state index is -4.88. The van der Waals surface area contributed by atoms with Crippen molar-refractivity contribution < 1.29 is 40.3 Å². The van der Waals surface area contributed by atoms with Crippen molar-refractivity contribution in [2.24, 2.45) is 0 Å². The maximum Gasteiger partial charge on any atom is 0.416 e. The molecule has 6 nitrogen and oxygen atoms in total. The molecule has 0 aliphatic carbocycles.